The van der Waals surface area contributed by atoms with Crippen LogP contribution in [0, 0.1) is 0 Å². The molecule has 1 N–H and O–H groups in total. The summed E-state index contributed by atoms with van der Waals surface area (Å²) >= 11 is 0. The first-order valence-corrected chi connectivity index (χ1v) is 6.39. The average Bonchev–Trinajstić information content (AvgIpc) is 2.46. The van der Waals surface area contributed by atoms with Gasteiger partial charge in [-0.25, -0.2) is 0 Å². The van der Waals surface area contributed by atoms with Crippen LogP contribution in [0.4, 0.5) is 5.69 Å². The number of nitrogens with one attached hydrogen (secondary N) is 1. The van der Waals surface area contributed by atoms with E-state index in [0.717, 1.165) is 18.7 Å². The van der Waals surface area contributed by atoms with Crippen LogP contribution >= 0.6 is 0 Å². The second-order valence-electron chi connectivity index (χ2n) is 4.97. The van der Waals surface area contributed by atoms with E-state index < -0.39 is 0 Å². The minimum absolute atomic E-state index is 0.329. The van der Waals surface area contributed by atoms with Crippen LogP contribution in [0.1, 0.15) is 37.3 Å². The summed E-state index contributed by atoms with van der Waals surface area (Å²) in [6, 6.07) is 4.57. The van der Waals surface area contributed by atoms with Gasteiger partial charge in [0.15, 0.2) is 0 Å². The fourth-order valence-corrected chi connectivity index (χ4v) is 2.68. The van der Waals surface area contributed by atoms with Crippen molar-refractivity contribution in [3.63, 3.8) is 0 Å². The summed E-state index contributed by atoms with van der Waals surface area (Å²) in [6.07, 6.45) is 6.53. The number of anilines is 1. The SMILES string of the molecule is CC1CCNc2cc3c(cc2O1)CCCC3. The molecule has 2 aliphatic rings. The number of hydrogen-bond donors (Lipinski definition) is 1. The Labute approximate surface area is 97.0 Å². The lowest BCUT2D eigenvalue weighted by Gasteiger charge is -2.19. The summed E-state index contributed by atoms with van der Waals surface area (Å²) in [4.78, 5) is 0. The van der Waals surface area contributed by atoms with Crippen LogP contribution in [0.5, 0.6) is 5.75 Å². The van der Waals surface area contributed by atoms with Crippen molar-refractivity contribution in [3.8, 4) is 5.75 Å². The van der Waals surface area contributed by atoms with Gasteiger partial charge in [0, 0.05) is 13.0 Å². The molecule has 1 heterocycles. The maximum atomic E-state index is 5.96. The van der Waals surface area contributed by atoms with Gasteiger partial charge in [0.25, 0.3) is 0 Å². The van der Waals surface area contributed by atoms with Crippen molar-refractivity contribution in [2.24, 2.45) is 0 Å². The third-order valence-corrected chi connectivity index (χ3v) is 3.64. The van der Waals surface area contributed by atoms with Gasteiger partial charge in [-0.15, -0.1) is 0 Å². The molecular weight excluding hydrogens is 198 g/mol. The third-order valence-electron chi connectivity index (χ3n) is 3.64. The summed E-state index contributed by atoms with van der Waals surface area (Å²) < 4.78 is 5.96. The van der Waals surface area contributed by atoms with Crippen molar-refractivity contribution in [3.05, 3.63) is 23.3 Å². The van der Waals surface area contributed by atoms with Crippen LogP contribution in [-0.2, 0) is 12.8 Å². The lowest BCUT2D eigenvalue weighted by atomic mass is 9.91. The Morgan fingerprint density at radius 3 is 2.75 bits per heavy atom. The summed E-state index contributed by atoms with van der Waals surface area (Å²) in [5.41, 5.74) is 4.22. The number of hydrogen-bond acceptors (Lipinski definition) is 2. The third kappa shape index (κ3) is 1.77. The average molecular weight is 217 g/mol. The maximum absolute atomic E-state index is 5.96. The van der Waals surface area contributed by atoms with E-state index in [9.17, 15) is 0 Å². The quantitative estimate of drug-likeness (QED) is 0.720. The molecule has 1 atom stereocenters. The summed E-state index contributed by atoms with van der Waals surface area (Å²) in [6.45, 7) is 3.17. The minimum Gasteiger partial charge on any atom is -0.488 e. The first-order chi connectivity index (χ1) is 7.83. The Kier molecular flexibility index (Phi) is 2.50. The van der Waals surface area contributed by atoms with Crippen LogP contribution in [-0.4, -0.2) is 12.6 Å². The van der Waals surface area contributed by atoms with Crippen molar-refractivity contribution in [2.45, 2.75) is 45.1 Å². The highest BCUT2D eigenvalue weighted by Gasteiger charge is 2.18. The monoisotopic (exact) mass is 217 g/mol. The van der Waals surface area contributed by atoms with Crippen molar-refractivity contribution >= 4 is 5.69 Å². The highest BCUT2D eigenvalue weighted by Crippen LogP contribution is 2.34. The molecule has 2 heteroatoms. The van der Waals surface area contributed by atoms with E-state index in [4.69, 9.17) is 4.74 Å². The van der Waals surface area contributed by atoms with Crippen molar-refractivity contribution in [2.75, 3.05) is 11.9 Å². The molecule has 0 radical (unpaired) electrons. The Balaban J connectivity index is 2.01. The van der Waals surface area contributed by atoms with Gasteiger partial charge in [0.2, 0.25) is 0 Å². The molecule has 86 valence electrons. The Morgan fingerprint density at radius 1 is 1.19 bits per heavy atom. The second-order valence-corrected chi connectivity index (χ2v) is 4.97. The van der Waals surface area contributed by atoms with E-state index in [-0.39, 0.29) is 0 Å². The smallest absolute Gasteiger partial charge is 0.143 e. The molecule has 0 saturated heterocycles. The predicted octanol–water partition coefficient (Wildman–Crippen LogP) is 3.15. The van der Waals surface area contributed by atoms with Gasteiger partial charge >= 0.3 is 0 Å². The molecule has 1 aliphatic carbocycles. The Bertz CT molecular complexity index is 400. The molecule has 3 rings (SSSR count). The van der Waals surface area contributed by atoms with Gasteiger partial charge in [0.05, 0.1) is 11.8 Å². The fraction of sp³-hybridized carbons (Fsp3) is 0.571. The first kappa shape index (κ1) is 10.0. The van der Waals surface area contributed by atoms with E-state index >= 15 is 0 Å². The molecule has 0 fully saturated rings. The first-order valence-electron chi connectivity index (χ1n) is 6.39. The molecule has 0 bridgehead atoms. The fourth-order valence-electron chi connectivity index (χ4n) is 2.68. The highest BCUT2D eigenvalue weighted by molar-refractivity contribution is 5.61. The predicted molar refractivity (Wildman–Crippen MR) is 66.3 cm³/mol. The summed E-state index contributed by atoms with van der Waals surface area (Å²) in [5, 5.41) is 3.48. The zero-order valence-corrected chi connectivity index (χ0v) is 9.88. The van der Waals surface area contributed by atoms with Gasteiger partial charge in [-0.1, -0.05) is 0 Å². The lowest BCUT2D eigenvalue weighted by molar-refractivity contribution is 0.221. The number of aryl methyl sites for hydroxylation is 2. The number of rotatable bonds is 0. The van der Waals surface area contributed by atoms with Gasteiger partial charge < -0.3 is 10.1 Å². The highest BCUT2D eigenvalue weighted by atomic mass is 16.5. The van der Waals surface area contributed by atoms with Crippen LogP contribution in [0.15, 0.2) is 12.1 Å². The van der Waals surface area contributed by atoms with E-state index in [1.807, 2.05) is 0 Å². The zero-order valence-electron chi connectivity index (χ0n) is 9.88. The standard InChI is InChI=1S/C14H19NO/c1-10-6-7-15-13-8-11-4-2-3-5-12(11)9-14(13)16-10/h8-10,15H,2-7H2,1H3. The van der Waals surface area contributed by atoms with Crippen LogP contribution < -0.4 is 10.1 Å². The topological polar surface area (TPSA) is 21.3 Å². The molecule has 0 saturated carbocycles. The molecule has 0 amide bonds. The van der Waals surface area contributed by atoms with Gasteiger partial charge in [-0.3, -0.25) is 0 Å². The van der Waals surface area contributed by atoms with Gasteiger partial charge in [-0.2, -0.15) is 0 Å². The normalized spacial score (nSPS) is 23.4. The largest absolute Gasteiger partial charge is 0.488 e. The Hall–Kier alpha value is -1.18. The van der Waals surface area contributed by atoms with Crippen LogP contribution in [0.2, 0.25) is 0 Å². The van der Waals surface area contributed by atoms with Crippen molar-refractivity contribution in [1.82, 2.24) is 0 Å². The van der Waals surface area contributed by atoms with Gasteiger partial charge in [0.1, 0.15) is 5.75 Å². The second kappa shape index (κ2) is 4.00. The maximum Gasteiger partial charge on any atom is 0.143 e. The van der Waals surface area contributed by atoms with Crippen molar-refractivity contribution < 1.29 is 4.74 Å². The molecule has 1 aliphatic heterocycles. The van der Waals surface area contributed by atoms with E-state index in [0.29, 0.717) is 6.10 Å². The summed E-state index contributed by atoms with van der Waals surface area (Å²) in [7, 11) is 0. The molecule has 0 aromatic heterocycles. The Morgan fingerprint density at radius 2 is 1.94 bits per heavy atom. The van der Waals surface area contributed by atoms with Gasteiger partial charge in [-0.05, 0) is 55.9 Å². The molecule has 1 aromatic rings. The van der Waals surface area contributed by atoms with E-state index in [1.54, 1.807) is 0 Å². The zero-order chi connectivity index (χ0) is 11.0. The molecule has 1 aromatic carbocycles. The van der Waals surface area contributed by atoms with Crippen LogP contribution in [0.3, 0.4) is 0 Å². The number of fused-ring (bicyclic) bond motifs is 2. The van der Waals surface area contributed by atoms with E-state index in [1.165, 1.54) is 42.5 Å². The summed E-state index contributed by atoms with van der Waals surface area (Å²) in [5.74, 6) is 1.06. The minimum atomic E-state index is 0.329. The lowest BCUT2D eigenvalue weighted by Crippen LogP contribution is -2.12. The molecule has 0 spiro atoms. The number of benzene rings is 1. The molecule has 2 nitrogen and oxygen atoms in total. The molecule has 1 unspecified atom stereocenters. The van der Waals surface area contributed by atoms with Crippen LogP contribution in [0.25, 0.3) is 0 Å². The molecule has 16 heavy (non-hydrogen) atoms. The van der Waals surface area contributed by atoms with Crippen molar-refractivity contribution in [1.29, 1.82) is 0 Å². The number of ether oxygens (including phenoxy) is 1. The molecular formula is C14H19NO. The van der Waals surface area contributed by atoms with E-state index in [2.05, 4.69) is 24.4 Å².